The first-order valence-electron chi connectivity index (χ1n) is 12.7. The van der Waals surface area contributed by atoms with Gasteiger partial charge in [-0.3, -0.25) is 9.97 Å². The normalized spacial score (nSPS) is 10.7. The molecule has 0 radical (unpaired) electrons. The summed E-state index contributed by atoms with van der Waals surface area (Å²) in [7, 11) is 0. The zero-order valence-electron chi connectivity index (χ0n) is 21.9. The van der Waals surface area contributed by atoms with E-state index in [4.69, 9.17) is 5.73 Å². The molecule has 4 rings (SSSR count). The maximum Gasteiger partial charge on any atom is 0.136 e. The van der Waals surface area contributed by atoms with Crippen molar-refractivity contribution in [3.05, 3.63) is 109 Å². The van der Waals surface area contributed by atoms with E-state index in [1.54, 1.807) is 36.9 Å². The number of hydrogen-bond donors (Lipinski definition) is 3. The van der Waals surface area contributed by atoms with Gasteiger partial charge in [-0.25, -0.2) is 9.37 Å². The predicted octanol–water partition coefficient (Wildman–Crippen LogP) is 7.52. The van der Waals surface area contributed by atoms with Crippen LogP contribution < -0.4 is 16.4 Å². The monoisotopic (exact) mass is 508 g/mol. The number of nitrogen functional groups attached to an aromatic ring is 1. The number of nitrogens with zero attached hydrogens (tertiary/aromatic N) is 3. The third-order valence-electron chi connectivity index (χ3n) is 6.31. The van der Waals surface area contributed by atoms with Crippen LogP contribution in [0.3, 0.4) is 0 Å². The average Bonchev–Trinajstić information content (AvgIpc) is 2.91. The van der Waals surface area contributed by atoms with E-state index in [1.165, 1.54) is 0 Å². The molecule has 0 saturated carbocycles. The Kier molecular flexibility index (Phi) is 8.48. The van der Waals surface area contributed by atoms with Crippen molar-refractivity contribution in [1.82, 2.24) is 15.0 Å². The number of aromatic nitrogens is 3. The second kappa shape index (κ2) is 12.1. The third-order valence-corrected chi connectivity index (χ3v) is 6.31. The second-order valence-electron chi connectivity index (χ2n) is 9.24. The molecular weight excluding hydrogens is 475 g/mol. The molecule has 0 bridgehead atoms. The van der Waals surface area contributed by atoms with Crippen LogP contribution in [0.5, 0.6) is 0 Å². The summed E-state index contributed by atoms with van der Waals surface area (Å²) in [6, 6.07) is 12.9. The summed E-state index contributed by atoms with van der Waals surface area (Å²) in [5.74, 6) is 0.239. The Labute approximate surface area is 223 Å². The molecule has 0 spiro atoms. The van der Waals surface area contributed by atoms with Crippen LogP contribution in [0.1, 0.15) is 37.3 Å². The number of anilines is 3. The molecule has 1 aromatic carbocycles. The van der Waals surface area contributed by atoms with Gasteiger partial charge in [0.05, 0.1) is 17.6 Å². The van der Waals surface area contributed by atoms with E-state index < -0.39 is 5.82 Å². The van der Waals surface area contributed by atoms with Crippen molar-refractivity contribution in [1.29, 1.82) is 0 Å². The lowest BCUT2D eigenvalue weighted by atomic mass is 9.99. The molecule has 7 heteroatoms. The highest BCUT2D eigenvalue weighted by atomic mass is 19.1. The first-order chi connectivity index (χ1) is 18.4. The number of allylic oxidation sites excluding steroid dienone is 2. The summed E-state index contributed by atoms with van der Waals surface area (Å²) in [4.78, 5) is 13.2. The zero-order valence-corrected chi connectivity index (χ0v) is 21.9. The number of halogens is 1. The lowest BCUT2D eigenvalue weighted by Gasteiger charge is -2.16. The van der Waals surface area contributed by atoms with E-state index >= 15 is 4.39 Å². The smallest absolute Gasteiger partial charge is 0.136 e. The molecule has 3 aromatic heterocycles. The molecule has 0 aliphatic carbocycles. The molecule has 0 atom stereocenters. The summed E-state index contributed by atoms with van der Waals surface area (Å²) >= 11 is 0. The molecular formula is C31H33FN6. The lowest BCUT2D eigenvalue weighted by Crippen LogP contribution is -2.09. The van der Waals surface area contributed by atoms with Gasteiger partial charge in [-0.1, -0.05) is 32.6 Å². The Morgan fingerprint density at radius 2 is 1.82 bits per heavy atom. The molecule has 3 heterocycles. The molecule has 38 heavy (non-hydrogen) atoms. The van der Waals surface area contributed by atoms with Crippen molar-refractivity contribution in [3.8, 4) is 22.4 Å². The largest absolute Gasteiger partial charge is 0.398 e. The number of rotatable bonds is 11. The quantitative estimate of drug-likeness (QED) is 0.182. The Hall–Kier alpha value is -4.52. The Morgan fingerprint density at radius 1 is 0.974 bits per heavy atom. The number of nitrogens with two attached hydrogens (primary N) is 1. The van der Waals surface area contributed by atoms with Crippen molar-refractivity contribution in [2.75, 3.05) is 16.4 Å². The molecule has 6 nitrogen and oxygen atoms in total. The van der Waals surface area contributed by atoms with Crippen LogP contribution in [0.25, 0.3) is 22.4 Å². The summed E-state index contributed by atoms with van der Waals surface area (Å²) in [6.45, 7) is 12.3. The van der Waals surface area contributed by atoms with Crippen LogP contribution in [0.2, 0.25) is 0 Å². The van der Waals surface area contributed by atoms with E-state index in [2.05, 4.69) is 45.7 Å². The van der Waals surface area contributed by atoms with Gasteiger partial charge in [-0.05, 0) is 56.2 Å². The summed E-state index contributed by atoms with van der Waals surface area (Å²) < 4.78 is 15.8. The second-order valence-corrected chi connectivity index (χ2v) is 9.24. The third kappa shape index (κ3) is 6.24. The number of nitrogens with one attached hydrogen (secondary N) is 2. The molecule has 0 saturated heterocycles. The van der Waals surface area contributed by atoms with Gasteiger partial charge in [0.1, 0.15) is 11.6 Å². The number of pyridine rings is 3. The van der Waals surface area contributed by atoms with Gasteiger partial charge in [-0.15, -0.1) is 0 Å². The SMILES string of the molecule is C=C(CCCC)Nc1cncc(-c2ccc(N)c(CC(=C)Nc3nccc(-c4ccccn4)c3C)c2F)c1. The number of hydrogen-bond acceptors (Lipinski definition) is 6. The number of unbranched alkanes of at least 4 members (excludes halogenated alkanes) is 1. The Bertz CT molecular complexity index is 1450. The number of benzene rings is 1. The van der Waals surface area contributed by atoms with Gasteiger partial charge < -0.3 is 16.4 Å². The molecule has 0 aliphatic rings. The lowest BCUT2D eigenvalue weighted by molar-refractivity contribution is 0.618. The van der Waals surface area contributed by atoms with Crippen molar-refractivity contribution in [3.63, 3.8) is 0 Å². The van der Waals surface area contributed by atoms with E-state index in [0.717, 1.165) is 47.5 Å². The highest BCUT2D eigenvalue weighted by Crippen LogP contribution is 2.32. The van der Waals surface area contributed by atoms with Crippen molar-refractivity contribution >= 4 is 17.2 Å². The van der Waals surface area contributed by atoms with Gasteiger partial charge in [-0.2, -0.15) is 0 Å². The van der Waals surface area contributed by atoms with Crippen LogP contribution in [-0.4, -0.2) is 15.0 Å². The predicted molar refractivity (Wildman–Crippen MR) is 155 cm³/mol. The summed E-state index contributed by atoms with van der Waals surface area (Å²) in [5.41, 5.74) is 13.0. The van der Waals surface area contributed by atoms with E-state index in [0.29, 0.717) is 33.9 Å². The Balaban J connectivity index is 1.54. The maximum atomic E-state index is 15.8. The molecule has 0 aliphatic heterocycles. The van der Waals surface area contributed by atoms with Crippen molar-refractivity contribution in [2.45, 2.75) is 39.5 Å². The van der Waals surface area contributed by atoms with Crippen LogP contribution >= 0.6 is 0 Å². The zero-order chi connectivity index (χ0) is 27.1. The summed E-state index contributed by atoms with van der Waals surface area (Å²) in [5, 5.41) is 6.52. The van der Waals surface area contributed by atoms with Crippen LogP contribution in [0.15, 0.2) is 91.8 Å². The topological polar surface area (TPSA) is 88.8 Å². The first kappa shape index (κ1) is 26.5. The standard InChI is InChI=1S/C31H33FN6/c1-5-6-9-20(2)37-24-17-23(18-34-19-24)26-11-12-28(33)27(30(26)32)16-21(3)38-31-22(4)25(13-15-36-31)29-10-7-8-14-35-29/h7-8,10-15,17-19,37H,2-3,5-6,9,16,33H2,1,4H3,(H,36,38). The van der Waals surface area contributed by atoms with Crippen LogP contribution in [0.4, 0.5) is 21.6 Å². The molecule has 194 valence electrons. The van der Waals surface area contributed by atoms with Gasteiger partial charge in [0.2, 0.25) is 0 Å². The molecule has 0 amide bonds. The van der Waals surface area contributed by atoms with Crippen molar-refractivity contribution < 1.29 is 4.39 Å². The van der Waals surface area contributed by atoms with Gasteiger partial charge in [0, 0.05) is 69.9 Å². The van der Waals surface area contributed by atoms with Gasteiger partial charge >= 0.3 is 0 Å². The average molecular weight is 509 g/mol. The van der Waals surface area contributed by atoms with E-state index in [-0.39, 0.29) is 6.42 Å². The Morgan fingerprint density at radius 3 is 2.58 bits per heavy atom. The minimum absolute atomic E-state index is 0.194. The van der Waals surface area contributed by atoms with Gasteiger partial charge in [0.15, 0.2) is 0 Å². The van der Waals surface area contributed by atoms with Crippen molar-refractivity contribution in [2.24, 2.45) is 0 Å². The molecule has 0 unspecified atom stereocenters. The fourth-order valence-corrected chi connectivity index (χ4v) is 4.24. The minimum Gasteiger partial charge on any atom is -0.398 e. The minimum atomic E-state index is -0.399. The van der Waals surface area contributed by atoms with Gasteiger partial charge in [0.25, 0.3) is 0 Å². The van der Waals surface area contributed by atoms with Crippen LogP contribution in [0, 0.1) is 12.7 Å². The summed E-state index contributed by atoms with van der Waals surface area (Å²) in [6.07, 6.45) is 10.0. The van der Waals surface area contributed by atoms with Crippen LogP contribution in [-0.2, 0) is 6.42 Å². The highest BCUT2D eigenvalue weighted by Gasteiger charge is 2.16. The van der Waals surface area contributed by atoms with E-state index in [1.807, 2.05) is 37.3 Å². The fraction of sp³-hybridized carbons (Fsp3) is 0.194. The fourth-order valence-electron chi connectivity index (χ4n) is 4.24. The highest BCUT2D eigenvalue weighted by molar-refractivity contribution is 5.72. The molecule has 4 aromatic rings. The van der Waals surface area contributed by atoms with E-state index in [9.17, 15) is 0 Å². The molecule has 0 fully saturated rings. The first-order valence-corrected chi connectivity index (χ1v) is 12.7. The maximum absolute atomic E-state index is 15.8. The molecule has 4 N–H and O–H groups in total.